The molecule has 0 spiro atoms. The van der Waals surface area contributed by atoms with Crippen molar-refractivity contribution in [2.24, 2.45) is 0 Å². The topological polar surface area (TPSA) is 110 Å². The Morgan fingerprint density at radius 2 is 2.03 bits per heavy atom. The van der Waals surface area contributed by atoms with Gasteiger partial charge in [0.1, 0.15) is 29.9 Å². The maximum Gasteiger partial charge on any atom is 0.296 e. The summed E-state index contributed by atoms with van der Waals surface area (Å²) in [6.45, 7) is 0.247. The van der Waals surface area contributed by atoms with Crippen LogP contribution in [-0.2, 0) is 6.61 Å². The normalized spacial score (nSPS) is 10.4. The third-order valence-electron chi connectivity index (χ3n) is 4.63. The molecule has 2 aromatic heterocycles. The quantitative estimate of drug-likeness (QED) is 0.379. The summed E-state index contributed by atoms with van der Waals surface area (Å²) in [6.07, 6.45) is 1.20. The van der Waals surface area contributed by atoms with E-state index >= 15 is 0 Å². The summed E-state index contributed by atoms with van der Waals surface area (Å²) in [5.74, 6) is -1.02. The maximum absolute atomic E-state index is 14.7. The van der Waals surface area contributed by atoms with Crippen molar-refractivity contribution in [3.05, 3.63) is 82.4 Å². The fourth-order valence-electron chi connectivity index (χ4n) is 3.05. The van der Waals surface area contributed by atoms with Gasteiger partial charge in [0.05, 0.1) is 18.2 Å². The fourth-order valence-corrected chi connectivity index (χ4v) is 3.77. The summed E-state index contributed by atoms with van der Waals surface area (Å²) in [6, 6.07) is 14.6. The molecule has 2 heterocycles. The Kier molecular flexibility index (Phi) is 6.96. The zero-order chi connectivity index (χ0) is 24.1. The zero-order valence-electron chi connectivity index (χ0n) is 17.6. The van der Waals surface area contributed by atoms with E-state index in [1.807, 2.05) is 18.2 Å². The average molecular weight is 496 g/mol. The van der Waals surface area contributed by atoms with Gasteiger partial charge in [-0.05, 0) is 47.2 Å². The van der Waals surface area contributed by atoms with Crippen molar-refractivity contribution in [2.45, 2.75) is 6.61 Å². The number of nitrogens with one attached hydrogen (secondary N) is 1. The summed E-state index contributed by atoms with van der Waals surface area (Å²) >= 11 is 6.90. The highest BCUT2D eigenvalue weighted by atomic mass is 35.5. The summed E-state index contributed by atoms with van der Waals surface area (Å²) in [5.41, 5.74) is 1.13. The molecule has 0 saturated carbocycles. The number of amides is 1. The Hall–Kier alpha value is -4.07. The van der Waals surface area contributed by atoms with Crippen molar-refractivity contribution < 1.29 is 18.7 Å². The van der Waals surface area contributed by atoms with Gasteiger partial charge in [0, 0.05) is 16.8 Å². The van der Waals surface area contributed by atoms with E-state index in [0.29, 0.717) is 5.02 Å². The minimum atomic E-state index is -0.614. The number of hydrogen-bond donors (Lipinski definition) is 1. The molecule has 0 atom stereocenters. The molecule has 2 aromatic carbocycles. The molecule has 170 valence electrons. The minimum Gasteiger partial charge on any atom is -0.496 e. The number of rotatable bonds is 7. The summed E-state index contributed by atoms with van der Waals surface area (Å²) < 4.78 is 25.6. The van der Waals surface area contributed by atoms with E-state index in [-0.39, 0.29) is 45.1 Å². The van der Waals surface area contributed by atoms with Crippen LogP contribution in [0.4, 0.5) is 9.52 Å². The van der Waals surface area contributed by atoms with Crippen LogP contribution in [-0.4, -0.2) is 28.2 Å². The van der Waals surface area contributed by atoms with E-state index in [9.17, 15) is 14.4 Å². The van der Waals surface area contributed by atoms with E-state index in [1.54, 1.807) is 18.2 Å². The highest BCUT2D eigenvalue weighted by Gasteiger charge is 2.22. The molecule has 0 aliphatic rings. The number of halogens is 2. The first kappa shape index (κ1) is 23.1. The lowest BCUT2D eigenvalue weighted by Crippen LogP contribution is -2.14. The standard InChI is InChI=1S/C23H15ClFN5O3S/c1-32-19-4-2-3-18(25)20(19)16-9-15(10-26)27-11-17(16)21(31)28-22-29-30-23(34-22)33-12-13-5-7-14(24)8-6-13/h2-9,11H,12H2,1H3,(H,28,29,31). The Labute approximate surface area is 202 Å². The van der Waals surface area contributed by atoms with Crippen LogP contribution in [0.15, 0.2) is 54.7 Å². The van der Waals surface area contributed by atoms with Gasteiger partial charge in [-0.25, -0.2) is 9.37 Å². The van der Waals surface area contributed by atoms with Gasteiger partial charge in [-0.15, -0.1) is 5.10 Å². The van der Waals surface area contributed by atoms with Crippen LogP contribution in [0.25, 0.3) is 11.1 Å². The second-order valence-corrected chi connectivity index (χ2v) is 8.16. The second-order valence-electron chi connectivity index (χ2n) is 6.79. The SMILES string of the molecule is COc1cccc(F)c1-c1cc(C#N)ncc1C(=O)Nc1nnc(OCc2ccc(Cl)cc2)s1. The summed E-state index contributed by atoms with van der Waals surface area (Å²) in [5, 5.41) is 20.7. The molecule has 1 N–H and O–H groups in total. The minimum absolute atomic E-state index is 0.0191. The Morgan fingerprint density at radius 3 is 2.76 bits per heavy atom. The molecular formula is C23H15ClFN5O3S. The van der Waals surface area contributed by atoms with Crippen molar-refractivity contribution in [3.8, 4) is 28.1 Å². The lowest BCUT2D eigenvalue weighted by atomic mass is 9.98. The maximum atomic E-state index is 14.7. The zero-order valence-corrected chi connectivity index (χ0v) is 19.2. The van der Waals surface area contributed by atoms with Gasteiger partial charge < -0.3 is 9.47 Å². The smallest absolute Gasteiger partial charge is 0.296 e. The summed E-state index contributed by atoms with van der Waals surface area (Å²) in [7, 11) is 1.39. The molecule has 4 rings (SSSR count). The van der Waals surface area contributed by atoms with Crippen molar-refractivity contribution in [1.82, 2.24) is 15.2 Å². The molecule has 0 saturated heterocycles. The second kappa shape index (κ2) is 10.2. The summed E-state index contributed by atoms with van der Waals surface area (Å²) in [4.78, 5) is 17.0. The number of hydrogen-bond acceptors (Lipinski definition) is 8. The van der Waals surface area contributed by atoms with Crippen molar-refractivity contribution in [3.63, 3.8) is 0 Å². The largest absolute Gasteiger partial charge is 0.496 e. The molecule has 0 fully saturated rings. The van der Waals surface area contributed by atoms with E-state index in [0.717, 1.165) is 16.9 Å². The number of pyridine rings is 1. The molecule has 0 radical (unpaired) electrons. The van der Waals surface area contributed by atoms with E-state index in [4.69, 9.17) is 21.1 Å². The number of methoxy groups -OCH3 is 1. The first-order chi connectivity index (χ1) is 16.5. The van der Waals surface area contributed by atoms with E-state index in [2.05, 4.69) is 20.5 Å². The molecule has 11 heteroatoms. The van der Waals surface area contributed by atoms with Gasteiger partial charge in [-0.1, -0.05) is 34.9 Å². The Bertz CT molecular complexity index is 1390. The monoisotopic (exact) mass is 495 g/mol. The molecule has 8 nitrogen and oxygen atoms in total. The number of nitriles is 1. The Morgan fingerprint density at radius 1 is 1.24 bits per heavy atom. The van der Waals surface area contributed by atoms with Crippen LogP contribution in [0, 0.1) is 17.1 Å². The fraction of sp³-hybridized carbons (Fsp3) is 0.0870. The van der Waals surface area contributed by atoms with Crippen LogP contribution >= 0.6 is 22.9 Å². The van der Waals surface area contributed by atoms with Crippen LogP contribution in [0.2, 0.25) is 5.02 Å². The molecule has 1 amide bonds. The number of anilines is 1. The van der Waals surface area contributed by atoms with Gasteiger partial charge in [0.15, 0.2) is 0 Å². The first-order valence-electron chi connectivity index (χ1n) is 9.73. The van der Waals surface area contributed by atoms with Gasteiger partial charge in [0.25, 0.3) is 11.1 Å². The van der Waals surface area contributed by atoms with Crippen molar-refractivity contribution in [1.29, 1.82) is 5.26 Å². The number of nitrogens with zero attached hydrogens (tertiary/aromatic N) is 4. The van der Waals surface area contributed by atoms with E-state index < -0.39 is 11.7 Å². The predicted octanol–water partition coefficient (Wildman–Crippen LogP) is 5.10. The third kappa shape index (κ3) is 5.11. The van der Waals surface area contributed by atoms with Crippen molar-refractivity contribution in [2.75, 3.05) is 12.4 Å². The van der Waals surface area contributed by atoms with Crippen LogP contribution in [0.3, 0.4) is 0 Å². The number of carbonyl (C=O) groups excluding carboxylic acids is 1. The molecule has 0 aliphatic carbocycles. The van der Waals surface area contributed by atoms with Crippen molar-refractivity contribution >= 4 is 34.0 Å². The third-order valence-corrected chi connectivity index (χ3v) is 5.63. The highest BCUT2D eigenvalue weighted by Crippen LogP contribution is 2.35. The molecule has 0 unspecified atom stereocenters. The van der Waals surface area contributed by atoms with Gasteiger partial charge in [-0.2, -0.15) is 5.26 Å². The predicted molar refractivity (Wildman–Crippen MR) is 125 cm³/mol. The lowest BCUT2D eigenvalue weighted by Gasteiger charge is -2.13. The Balaban J connectivity index is 1.56. The van der Waals surface area contributed by atoms with Crippen LogP contribution in [0.1, 0.15) is 21.6 Å². The first-order valence-corrected chi connectivity index (χ1v) is 10.9. The van der Waals surface area contributed by atoms with Gasteiger partial charge in [0.2, 0.25) is 5.13 Å². The van der Waals surface area contributed by atoms with E-state index in [1.165, 1.54) is 31.5 Å². The number of carbonyl (C=O) groups is 1. The molecule has 4 aromatic rings. The molecular weight excluding hydrogens is 481 g/mol. The molecule has 0 aliphatic heterocycles. The highest BCUT2D eigenvalue weighted by molar-refractivity contribution is 7.17. The number of benzene rings is 2. The van der Waals surface area contributed by atoms with Gasteiger partial charge in [-0.3, -0.25) is 10.1 Å². The van der Waals surface area contributed by atoms with Crippen LogP contribution < -0.4 is 14.8 Å². The average Bonchev–Trinajstić information content (AvgIpc) is 3.30. The van der Waals surface area contributed by atoms with Crippen LogP contribution in [0.5, 0.6) is 10.9 Å². The number of ether oxygens (including phenoxy) is 2. The molecule has 34 heavy (non-hydrogen) atoms. The number of aromatic nitrogens is 3. The molecule has 0 bridgehead atoms. The lowest BCUT2D eigenvalue weighted by molar-refractivity contribution is 0.102. The van der Waals surface area contributed by atoms with Gasteiger partial charge >= 0.3 is 0 Å².